The smallest absolute Gasteiger partial charge is 0.167 e. The molecule has 2 aromatic rings. The average molecular weight is 243 g/mol. The van der Waals surface area contributed by atoms with Crippen molar-refractivity contribution in [3.05, 3.63) is 42.1 Å². The molecule has 0 radical (unpaired) electrons. The Morgan fingerprint density at radius 2 is 2.06 bits per heavy atom. The lowest BCUT2D eigenvalue weighted by molar-refractivity contribution is -0.126. The second-order valence-electron chi connectivity index (χ2n) is 4.44. The van der Waals surface area contributed by atoms with Crippen LogP contribution in [0.5, 0.6) is 0 Å². The molecule has 0 aliphatic carbocycles. The predicted molar refractivity (Wildman–Crippen MR) is 71.4 cm³/mol. The van der Waals surface area contributed by atoms with Crippen molar-refractivity contribution in [2.45, 2.75) is 32.3 Å². The van der Waals surface area contributed by atoms with Gasteiger partial charge in [-0.05, 0) is 18.6 Å². The first-order valence-electron chi connectivity index (χ1n) is 6.26. The number of carbonyl (C=O) groups excluding carboxylic acids is 1. The molecule has 94 valence electrons. The summed E-state index contributed by atoms with van der Waals surface area (Å²) in [6.07, 6.45) is 0.666. The van der Waals surface area contributed by atoms with Crippen molar-refractivity contribution in [3.8, 4) is 0 Å². The van der Waals surface area contributed by atoms with Crippen LogP contribution in [0.4, 0.5) is 0 Å². The number of hydrogen-bond acceptors (Lipinski definition) is 3. The molecule has 1 N–H and O–H groups in total. The molecule has 0 spiro atoms. The second-order valence-corrected chi connectivity index (χ2v) is 4.44. The second kappa shape index (κ2) is 5.74. The summed E-state index contributed by atoms with van der Waals surface area (Å²) in [6.45, 7) is 1.95. The van der Waals surface area contributed by atoms with Crippen LogP contribution in [-0.4, -0.2) is 22.0 Å². The van der Waals surface area contributed by atoms with Gasteiger partial charge in [-0.25, -0.2) is 0 Å². The van der Waals surface area contributed by atoms with Gasteiger partial charge in [-0.3, -0.25) is 9.78 Å². The zero-order chi connectivity index (χ0) is 13.0. The standard InChI is InChI=1S/C15H17NO2/c1-2-5-14(17)15(18)10-12-9-8-11-6-3-4-7-13(11)16-12/h3-4,6-9,14,17H,2,5,10H2,1H3. The van der Waals surface area contributed by atoms with Gasteiger partial charge in [0.15, 0.2) is 5.78 Å². The van der Waals surface area contributed by atoms with Gasteiger partial charge < -0.3 is 5.11 Å². The Morgan fingerprint density at radius 1 is 1.28 bits per heavy atom. The van der Waals surface area contributed by atoms with E-state index in [0.29, 0.717) is 12.1 Å². The number of aliphatic hydroxyl groups excluding tert-OH is 1. The van der Waals surface area contributed by atoms with Crippen molar-refractivity contribution >= 4 is 16.7 Å². The highest BCUT2D eigenvalue weighted by Crippen LogP contribution is 2.13. The van der Waals surface area contributed by atoms with Crippen LogP contribution in [0.25, 0.3) is 10.9 Å². The Kier molecular flexibility index (Phi) is 4.05. The molecule has 2 rings (SSSR count). The van der Waals surface area contributed by atoms with Crippen LogP contribution in [0.3, 0.4) is 0 Å². The van der Waals surface area contributed by atoms with Crippen molar-refractivity contribution < 1.29 is 9.90 Å². The quantitative estimate of drug-likeness (QED) is 0.877. The van der Waals surface area contributed by atoms with Crippen molar-refractivity contribution in [1.82, 2.24) is 4.98 Å². The summed E-state index contributed by atoms with van der Waals surface area (Å²) in [6, 6.07) is 11.6. The number of fused-ring (bicyclic) bond motifs is 1. The topological polar surface area (TPSA) is 50.2 Å². The van der Waals surface area contributed by atoms with Gasteiger partial charge in [-0.2, -0.15) is 0 Å². The molecule has 0 aliphatic rings. The number of pyridine rings is 1. The summed E-state index contributed by atoms with van der Waals surface area (Å²) in [5.41, 5.74) is 1.60. The van der Waals surface area contributed by atoms with E-state index in [0.717, 1.165) is 17.3 Å². The lowest BCUT2D eigenvalue weighted by Gasteiger charge is -2.08. The highest BCUT2D eigenvalue weighted by atomic mass is 16.3. The lowest BCUT2D eigenvalue weighted by atomic mass is 10.1. The van der Waals surface area contributed by atoms with Crippen molar-refractivity contribution in [2.75, 3.05) is 0 Å². The molecule has 1 unspecified atom stereocenters. The van der Waals surface area contributed by atoms with Crippen LogP contribution in [0.1, 0.15) is 25.5 Å². The highest BCUT2D eigenvalue weighted by molar-refractivity contribution is 5.85. The summed E-state index contributed by atoms with van der Waals surface area (Å²) in [5, 5.41) is 10.7. The predicted octanol–water partition coefficient (Wildman–Crippen LogP) is 2.51. The summed E-state index contributed by atoms with van der Waals surface area (Å²) in [5.74, 6) is -0.153. The molecule has 3 nitrogen and oxygen atoms in total. The summed E-state index contributed by atoms with van der Waals surface area (Å²) in [4.78, 5) is 16.2. The van der Waals surface area contributed by atoms with Gasteiger partial charge in [-0.15, -0.1) is 0 Å². The maximum absolute atomic E-state index is 11.7. The van der Waals surface area contributed by atoms with Gasteiger partial charge in [0.1, 0.15) is 6.10 Å². The minimum atomic E-state index is -0.858. The number of hydrogen-bond donors (Lipinski definition) is 1. The van der Waals surface area contributed by atoms with Crippen LogP contribution in [0.15, 0.2) is 36.4 Å². The maximum Gasteiger partial charge on any atom is 0.167 e. The average Bonchev–Trinajstić information content (AvgIpc) is 2.39. The summed E-state index contributed by atoms with van der Waals surface area (Å²) in [7, 11) is 0. The van der Waals surface area contributed by atoms with E-state index < -0.39 is 6.10 Å². The highest BCUT2D eigenvalue weighted by Gasteiger charge is 2.14. The Morgan fingerprint density at radius 3 is 2.83 bits per heavy atom. The SMILES string of the molecule is CCCC(O)C(=O)Cc1ccc2ccccc2n1. The van der Waals surface area contributed by atoms with Gasteiger partial charge in [0.2, 0.25) is 0 Å². The number of ketones is 1. The number of aromatic nitrogens is 1. The third kappa shape index (κ3) is 2.93. The largest absolute Gasteiger partial charge is 0.385 e. The normalized spacial score (nSPS) is 12.6. The van der Waals surface area contributed by atoms with E-state index >= 15 is 0 Å². The van der Waals surface area contributed by atoms with E-state index in [-0.39, 0.29) is 12.2 Å². The monoisotopic (exact) mass is 243 g/mol. The molecule has 0 saturated heterocycles. The first-order chi connectivity index (χ1) is 8.70. The van der Waals surface area contributed by atoms with Gasteiger partial charge >= 0.3 is 0 Å². The summed E-state index contributed by atoms with van der Waals surface area (Å²) < 4.78 is 0. The minimum Gasteiger partial charge on any atom is -0.385 e. The zero-order valence-corrected chi connectivity index (χ0v) is 10.5. The van der Waals surface area contributed by atoms with Crippen molar-refractivity contribution in [2.24, 2.45) is 0 Å². The van der Waals surface area contributed by atoms with Gasteiger partial charge in [0.05, 0.1) is 11.9 Å². The zero-order valence-electron chi connectivity index (χ0n) is 10.5. The van der Waals surface area contributed by atoms with E-state index in [1.165, 1.54) is 0 Å². The Hall–Kier alpha value is -1.74. The lowest BCUT2D eigenvalue weighted by Crippen LogP contribution is -2.22. The van der Waals surface area contributed by atoms with Crippen LogP contribution < -0.4 is 0 Å². The first kappa shape index (κ1) is 12.7. The Balaban J connectivity index is 2.14. The van der Waals surface area contributed by atoms with Crippen molar-refractivity contribution in [3.63, 3.8) is 0 Å². The molecule has 1 atom stereocenters. The molecular weight excluding hydrogens is 226 g/mol. The van der Waals surface area contributed by atoms with E-state index in [2.05, 4.69) is 4.98 Å². The fourth-order valence-electron chi connectivity index (χ4n) is 1.94. The number of carbonyl (C=O) groups is 1. The molecule has 1 aromatic heterocycles. The van der Waals surface area contributed by atoms with Crippen LogP contribution in [-0.2, 0) is 11.2 Å². The Bertz CT molecular complexity index is 551. The molecule has 0 bridgehead atoms. The molecule has 0 aliphatic heterocycles. The molecule has 0 fully saturated rings. The number of benzene rings is 1. The van der Waals surface area contributed by atoms with E-state index in [9.17, 15) is 9.90 Å². The molecule has 18 heavy (non-hydrogen) atoms. The van der Waals surface area contributed by atoms with Crippen LogP contribution in [0, 0.1) is 0 Å². The fourth-order valence-corrected chi connectivity index (χ4v) is 1.94. The first-order valence-corrected chi connectivity index (χ1v) is 6.26. The summed E-state index contributed by atoms with van der Waals surface area (Å²) >= 11 is 0. The third-order valence-corrected chi connectivity index (χ3v) is 2.95. The molecule has 0 amide bonds. The van der Waals surface area contributed by atoms with E-state index in [4.69, 9.17) is 0 Å². The Labute approximate surface area is 106 Å². The number of Topliss-reactive ketones (excluding diaryl/α,β-unsaturated/α-hetero) is 1. The number of nitrogens with zero attached hydrogens (tertiary/aromatic N) is 1. The van der Waals surface area contributed by atoms with Crippen molar-refractivity contribution in [1.29, 1.82) is 0 Å². The molecule has 3 heteroatoms. The number of rotatable bonds is 5. The van der Waals surface area contributed by atoms with Gasteiger partial charge in [0, 0.05) is 11.1 Å². The fraction of sp³-hybridized carbons (Fsp3) is 0.333. The van der Waals surface area contributed by atoms with Crippen LogP contribution in [0.2, 0.25) is 0 Å². The van der Waals surface area contributed by atoms with Gasteiger partial charge in [0.25, 0.3) is 0 Å². The molecular formula is C15H17NO2. The molecule has 0 saturated carbocycles. The maximum atomic E-state index is 11.7. The molecule has 1 heterocycles. The minimum absolute atomic E-state index is 0.153. The van der Waals surface area contributed by atoms with Crippen LogP contribution >= 0.6 is 0 Å². The van der Waals surface area contributed by atoms with E-state index in [1.54, 1.807) is 0 Å². The molecule has 1 aromatic carbocycles. The third-order valence-electron chi connectivity index (χ3n) is 2.95. The number of para-hydroxylation sites is 1. The number of aliphatic hydroxyl groups is 1. The van der Waals surface area contributed by atoms with Gasteiger partial charge in [-0.1, -0.05) is 37.6 Å². The van der Waals surface area contributed by atoms with E-state index in [1.807, 2.05) is 43.3 Å².